The molecule has 0 spiro atoms. The number of hydrogen-bond acceptors (Lipinski definition) is 6. The highest BCUT2D eigenvalue weighted by Crippen LogP contribution is 2.29. The molecular formula is C22H26ClFN6O2. The van der Waals surface area contributed by atoms with E-state index in [9.17, 15) is 9.18 Å². The van der Waals surface area contributed by atoms with Crippen LogP contribution < -0.4 is 15.4 Å². The summed E-state index contributed by atoms with van der Waals surface area (Å²) in [5.74, 6) is 0.115. The van der Waals surface area contributed by atoms with Crippen molar-refractivity contribution in [2.75, 3.05) is 19.0 Å². The maximum Gasteiger partial charge on any atom is 0.257 e. The highest BCUT2D eigenvalue weighted by atomic mass is 35.5. The summed E-state index contributed by atoms with van der Waals surface area (Å²) in [6.45, 7) is 1.78. The summed E-state index contributed by atoms with van der Waals surface area (Å²) < 4.78 is 20.0. The minimum atomic E-state index is -0.580. The molecule has 170 valence electrons. The van der Waals surface area contributed by atoms with Crippen LogP contribution in [0.15, 0.2) is 48.9 Å². The molecule has 0 aliphatic heterocycles. The molecule has 0 aliphatic carbocycles. The minimum absolute atomic E-state index is 0. The molecule has 0 radical (unpaired) electrons. The first-order valence-electron chi connectivity index (χ1n) is 9.80. The lowest BCUT2D eigenvalue weighted by Gasteiger charge is -2.17. The molecule has 0 aliphatic rings. The first-order valence-corrected chi connectivity index (χ1v) is 10.2. The number of likely N-dealkylation sites (N-methyl/N-ethyl adjacent to an activating group) is 1. The van der Waals surface area contributed by atoms with Crippen LogP contribution in [0.25, 0.3) is 22.4 Å². The zero-order valence-corrected chi connectivity index (χ0v) is 18.1. The fourth-order valence-electron chi connectivity index (χ4n) is 3.14. The maximum absolute atomic E-state index is 14.5. The number of aromatic amines is 1. The van der Waals surface area contributed by atoms with Crippen molar-refractivity contribution in [3.63, 3.8) is 0 Å². The highest BCUT2D eigenvalue weighted by Gasteiger charge is 2.16. The Balaban J connectivity index is 0.00000204. The van der Waals surface area contributed by atoms with Crippen molar-refractivity contribution in [3.8, 4) is 17.1 Å². The Kier molecular flexibility index (Phi) is 6.18. The number of carbonyl (C=O) groups is 1. The molecule has 1 aromatic carbocycles. The van der Waals surface area contributed by atoms with Gasteiger partial charge in [-0.1, -0.05) is 23.7 Å². The number of H-pyrrole nitrogens is 1. The zero-order chi connectivity index (χ0) is 22.7. The van der Waals surface area contributed by atoms with Gasteiger partial charge in [0.05, 0.1) is 17.3 Å². The molecule has 0 fully saturated rings. The molecule has 8 nitrogen and oxygen atoms in total. The van der Waals surface area contributed by atoms with E-state index < -0.39 is 5.82 Å². The second-order valence-electron chi connectivity index (χ2n) is 7.04. The summed E-state index contributed by atoms with van der Waals surface area (Å²) in [6.07, 6.45) is 4.37. The number of benzene rings is 1. The monoisotopic (exact) mass is 460 g/mol. The number of nitrogens with one attached hydrogen (secondary N) is 3. The number of fused-ring (bicyclic) bond motifs is 1. The molecule has 0 unspecified atom stereocenters. The Morgan fingerprint density at radius 3 is 2.97 bits per heavy atom. The second-order valence-corrected chi connectivity index (χ2v) is 7.48. The number of pyridine rings is 1. The number of ether oxygens (including phenoxy) is 1. The SMILES string of the molecule is CNC(=O)COc1cccc([C@H](C)Nc2nc(-c3c[nH]c4ncc(Cl)cc34)ncc2F)c1.[HH].[HH].[HH]. The molecule has 32 heavy (non-hydrogen) atoms. The van der Waals surface area contributed by atoms with Crippen LogP contribution in [0.4, 0.5) is 10.2 Å². The van der Waals surface area contributed by atoms with Gasteiger partial charge in [-0.05, 0) is 30.7 Å². The number of rotatable bonds is 7. The molecule has 1 amide bonds. The lowest BCUT2D eigenvalue weighted by molar-refractivity contribution is -0.122. The molecule has 4 aromatic rings. The zero-order valence-electron chi connectivity index (χ0n) is 17.3. The highest BCUT2D eigenvalue weighted by molar-refractivity contribution is 6.31. The quantitative estimate of drug-likeness (QED) is 0.364. The van der Waals surface area contributed by atoms with E-state index in [4.69, 9.17) is 16.3 Å². The number of halogens is 2. The van der Waals surface area contributed by atoms with Crippen molar-refractivity contribution in [2.24, 2.45) is 0 Å². The van der Waals surface area contributed by atoms with Crippen LogP contribution in [0.2, 0.25) is 5.02 Å². The molecule has 0 saturated heterocycles. The molecule has 0 bridgehead atoms. The molecule has 3 aromatic heterocycles. The van der Waals surface area contributed by atoms with Crippen LogP contribution in [0.5, 0.6) is 5.75 Å². The van der Waals surface area contributed by atoms with Gasteiger partial charge in [0.2, 0.25) is 0 Å². The first kappa shape index (κ1) is 21.5. The van der Waals surface area contributed by atoms with Gasteiger partial charge >= 0.3 is 0 Å². The van der Waals surface area contributed by atoms with Gasteiger partial charge < -0.3 is 20.4 Å². The van der Waals surface area contributed by atoms with Gasteiger partial charge in [0.25, 0.3) is 5.91 Å². The van der Waals surface area contributed by atoms with Gasteiger partial charge in [-0.15, -0.1) is 0 Å². The van der Waals surface area contributed by atoms with Crippen molar-refractivity contribution in [1.82, 2.24) is 25.3 Å². The summed E-state index contributed by atoms with van der Waals surface area (Å²) >= 11 is 6.07. The second kappa shape index (κ2) is 9.19. The topological polar surface area (TPSA) is 105 Å². The van der Waals surface area contributed by atoms with E-state index in [0.717, 1.165) is 17.1 Å². The predicted octanol–water partition coefficient (Wildman–Crippen LogP) is 4.85. The Bertz CT molecular complexity index is 1290. The minimum Gasteiger partial charge on any atom is -0.484 e. The van der Waals surface area contributed by atoms with Gasteiger partial charge in [0, 0.05) is 34.7 Å². The van der Waals surface area contributed by atoms with Gasteiger partial charge in [-0.2, -0.15) is 0 Å². The summed E-state index contributed by atoms with van der Waals surface area (Å²) in [7, 11) is 1.54. The van der Waals surface area contributed by atoms with Crippen LogP contribution in [0, 0.1) is 5.82 Å². The van der Waals surface area contributed by atoms with E-state index in [1.165, 1.54) is 6.20 Å². The fourth-order valence-corrected chi connectivity index (χ4v) is 3.30. The number of aromatic nitrogens is 4. The van der Waals surface area contributed by atoms with Crippen molar-refractivity contribution in [3.05, 3.63) is 65.3 Å². The van der Waals surface area contributed by atoms with E-state index in [-0.39, 0.29) is 28.7 Å². The largest absolute Gasteiger partial charge is 0.484 e. The van der Waals surface area contributed by atoms with Crippen molar-refractivity contribution >= 4 is 34.4 Å². The van der Waals surface area contributed by atoms with Crippen molar-refractivity contribution in [2.45, 2.75) is 13.0 Å². The third-order valence-corrected chi connectivity index (χ3v) is 5.05. The average molecular weight is 461 g/mol. The smallest absolute Gasteiger partial charge is 0.257 e. The Labute approximate surface area is 192 Å². The molecule has 3 heterocycles. The first-order chi connectivity index (χ1) is 15.4. The van der Waals surface area contributed by atoms with Crippen LogP contribution in [-0.2, 0) is 4.79 Å². The summed E-state index contributed by atoms with van der Waals surface area (Å²) in [6, 6.07) is 8.67. The van der Waals surface area contributed by atoms with Crippen LogP contribution in [0.1, 0.15) is 22.8 Å². The Morgan fingerprint density at radius 2 is 2.16 bits per heavy atom. The Hall–Kier alpha value is -3.72. The number of anilines is 1. The molecule has 3 N–H and O–H groups in total. The predicted molar refractivity (Wildman–Crippen MR) is 126 cm³/mol. The van der Waals surface area contributed by atoms with Gasteiger partial charge in [-0.3, -0.25) is 4.79 Å². The number of hydrogen-bond donors (Lipinski definition) is 3. The van der Waals surface area contributed by atoms with Gasteiger partial charge in [0.1, 0.15) is 11.4 Å². The molecule has 10 heteroatoms. The van der Waals surface area contributed by atoms with Crippen LogP contribution in [0.3, 0.4) is 0 Å². The molecule has 4 rings (SSSR count). The normalized spacial score (nSPS) is 11.9. The standard InChI is InChI=1S/C22H20ClFN6O2.3H2/c1-12(13-4-3-5-15(6-13)32-11-19(31)25-2)29-22-18(24)10-28-21(30-22)17-9-27-20-16(17)7-14(23)8-26-20;;;/h3-10,12H,11H2,1-2H3,(H,25,31)(H,26,27)(H,28,29,30);3*1H/t12-;;;/m0.../s1. The van der Waals surface area contributed by atoms with Crippen molar-refractivity contribution < 1.29 is 18.2 Å². The summed E-state index contributed by atoms with van der Waals surface area (Å²) in [4.78, 5) is 27.2. The molecular weight excluding hydrogens is 435 g/mol. The maximum atomic E-state index is 14.5. The fraction of sp³-hybridized carbons (Fsp3) is 0.182. The van der Waals surface area contributed by atoms with Gasteiger partial charge in [-0.25, -0.2) is 19.3 Å². The van der Waals surface area contributed by atoms with E-state index in [2.05, 4.69) is 30.6 Å². The van der Waals surface area contributed by atoms with Crippen molar-refractivity contribution in [1.29, 1.82) is 0 Å². The van der Waals surface area contributed by atoms with E-state index in [0.29, 0.717) is 27.8 Å². The summed E-state index contributed by atoms with van der Waals surface area (Å²) in [5.41, 5.74) is 2.13. The summed E-state index contributed by atoms with van der Waals surface area (Å²) in [5, 5.41) is 6.79. The van der Waals surface area contributed by atoms with E-state index in [1.807, 2.05) is 13.0 Å². The molecule has 0 saturated carbocycles. The van der Waals surface area contributed by atoms with E-state index in [1.54, 1.807) is 37.5 Å². The lowest BCUT2D eigenvalue weighted by Crippen LogP contribution is -2.24. The number of carbonyl (C=O) groups excluding carboxylic acids is 1. The average Bonchev–Trinajstić information content (AvgIpc) is 3.22. The number of amides is 1. The van der Waals surface area contributed by atoms with Gasteiger partial charge in [0.15, 0.2) is 24.1 Å². The Morgan fingerprint density at radius 1 is 1.31 bits per heavy atom. The molecule has 1 atom stereocenters. The third kappa shape index (κ3) is 4.62. The van der Waals surface area contributed by atoms with Crippen LogP contribution in [-0.4, -0.2) is 39.5 Å². The lowest BCUT2D eigenvalue weighted by atomic mass is 10.1. The van der Waals surface area contributed by atoms with Crippen LogP contribution >= 0.6 is 11.6 Å². The number of nitrogens with zero attached hydrogens (tertiary/aromatic N) is 3. The third-order valence-electron chi connectivity index (χ3n) is 4.84. The van der Waals surface area contributed by atoms with E-state index >= 15 is 0 Å².